The first-order valence-electron chi connectivity index (χ1n) is 5.82. The number of carbonyl (C=O) groups is 2. The van der Waals surface area contributed by atoms with Crippen LogP contribution in [0.4, 0.5) is 0 Å². The first kappa shape index (κ1) is 14.2. The molecule has 5 heteroatoms. The molecule has 0 saturated carbocycles. The summed E-state index contributed by atoms with van der Waals surface area (Å²) >= 11 is 0. The molecular formula is C13H17NO4. The molecule has 0 radical (unpaired) electrons. The fourth-order valence-corrected chi connectivity index (χ4v) is 1.49. The van der Waals surface area contributed by atoms with E-state index >= 15 is 0 Å². The number of ketones is 1. The van der Waals surface area contributed by atoms with Gasteiger partial charge in [-0.25, -0.2) is 0 Å². The van der Waals surface area contributed by atoms with Crippen LogP contribution in [0, 0.1) is 0 Å². The Morgan fingerprint density at radius 3 is 2.78 bits per heavy atom. The molecule has 0 atom stereocenters. The van der Waals surface area contributed by atoms with Crippen LogP contribution in [0.5, 0.6) is 5.75 Å². The van der Waals surface area contributed by atoms with Crippen molar-refractivity contribution >= 4 is 11.8 Å². The first-order chi connectivity index (χ1) is 8.67. The second-order valence-corrected chi connectivity index (χ2v) is 3.67. The minimum absolute atomic E-state index is 0.0555. The molecule has 0 amide bonds. The van der Waals surface area contributed by atoms with Crippen molar-refractivity contribution in [2.75, 3.05) is 13.7 Å². The second kappa shape index (κ2) is 7.42. The Labute approximate surface area is 106 Å². The van der Waals surface area contributed by atoms with Crippen LogP contribution in [0.1, 0.15) is 25.5 Å². The number of rotatable bonds is 7. The SMILES string of the molecule is CCOC(=O)CCC(=O)Cc1ncccc1OC. The minimum atomic E-state index is -0.348. The lowest BCUT2D eigenvalue weighted by molar-refractivity contribution is -0.144. The van der Waals surface area contributed by atoms with Crippen LogP contribution in [-0.4, -0.2) is 30.5 Å². The Kier molecular flexibility index (Phi) is 5.84. The van der Waals surface area contributed by atoms with E-state index in [-0.39, 0.29) is 31.0 Å². The molecule has 0 spiro atoms. The Balaban J connectivity index is 2.47. The van der Waals surface area contributed by atoms with Crippen molar-refractivity contribution in [3.63, 3.8) is 0 Å². The highest BCUT2D eigenvalue weighted by Gasteiger charge is 2.12. The van der Waals surface area contributed by atoms with Gasteiger partial charge in [0, 0.05) is 12.6 Å². The fraction of sp³-hybridized carbons (Fsp3) is 0.462. The van der Waals surface area contributed by atoms with E-state index in [0.29, 0.717) is 18.1 Å². The van der Waals surface area contributed by atoms with E-state index in [4.69, 9.17) is 9.47 Å². The summed E-state index contributed by atoms with van der Waals surface area (Å²) in [4.78, 5) is 26.9. The molecule has 1 heterocycles. The van der Waals surface area contributed by atoms with Crippen LogP contribution in [-0.2, 0) is 20.7 Å². The highest BCUT2D eigenvalue weighted by Crippen LogP contribution is 2.15. The van der Waals surface area contributed by atoms with Crippen LogP contribution in [0.3, 0.4) is 0 Å². The van der Waals surface area contributed by atoms with Crippen molar-refractivity contribution in [3.8, 4) is 5.75 Å². The smallest absolute Gasteiger partial charge is 0.306 e. The molecule has 1 aromatic heterocycles. The van der Waals surface area contributed by atoms with Gasteiger partial charge in [0.25, 0.3) is 0 Å². The lowest BCUT2D eigenvalue weighted by atomic mass is 10.1. The largest absolute Gasteiger partial charge is 0.495 e. The molecule has 18 heavy (non-hydrogen) atoms. The summed E-state index contributed by atoms with van der Waals surface area (Å²) in [6.07, 6.45) is 2.06. The third-order valence-corrected chi connectivity index (χ3v) is 2.35. The summed E-state index contributed by atoms with van der Waals surface area (Å²) in [5, 5.41) is 0. The highest BCUT2D eigenvalue weighted by atomic mass is 16.5. The molecule has 1 aromatic rings. The monoisotopic (exact) mass is 251 g/mol. The van der Waals surface area contributed by atoms with Gasteiger partial charge in [-0.05, 0) is 19.1 Å². The zero-order valence-corrected chi connectivity index (χ0v) is 10.6. The maximum atomic E-state index is 11.7. The summed E-state index contributed by atoms with van der Waals surface area (Å²) in [6.45, 7) is 2.07. The van der Waals surface area contributed by atoms with Crippen LogP contribution >= 0.6 is 0 Å². The molecule has 0 aliphatic carbocycles. The summed E-state index contributed by atoms with van der Waals surface area (Å²) in [7, 11) is 1.53. The second-order valence-electron chi connectivity index (χ2n) is 3.67. The maximum Gasteiger partial charge on any atom is 0.306 e. The number of aromatic nitrogens is 1. The Hall–Kier alpha value is -1.91. The first-order valence-corrected chi connectivity index (χ1v) is 5.82. The van der Waals surface area contributed by atoms with Gasteiger partial charge in [-0.3, -0.25) is 14.6 Å². The molecule has 0 saturated heterocycles. The van der Waals surface area contributed by atoms with Crippen LogP contribution in [0.15, 0.2) is 18.3 Å². The summed E-state index contributed by atoms with van der Waals surface area (Å²) in [6, 6.07) is 3.49. The molecule has 0 aliphatic rings. The predicted octanol–water partition coefficient (Wildman–Crippen LogP) is 1.55. The van der Waals surface area contributed by atoms with E-state index in [1.165, 1.54) is 7.11 Å². The molecule has 0 unspecified atom stereocenters. The number of Topliss-reactive ketones (excluding diaryl/α,β-unsaturated/α-hetero) is 1. The van der Waals surface area contributed by atoms with Gasteiger partial charge in [-0.15, -0.1) is 0 Å². The Bertz CT molecular complexity index is 417. The average molecular weight is 251 g/mol. The zero-order chi connectivity index (χ0) is 13.4. The Morgan fingerprint density at radius 2 is 2.11 bits per heavy atom. The third kappa shape index (κ3) is 4.53. The molecule has 0 aliphatic heterocycles. The molecule has 98 valence electrons. The molecule has 0 N–H and O–H groups in total. The number of hydrogen-bond donors (Lipinski definition) is 0. The molecule has 0 bridgehead atoms. The molecule has 5 nitrogen and oxygen atoms in total. The molecular weight excluding hydrogens is 234 g/mol. The maximum absolute atomic E-state index is 11.7. The molecule has 1 rings (SSSR count). The molecule has 0 fully saturated rings. The normalized spacial score (nSPS) is 9.89. The summed E-state index contributed by atoms with van der Waals surface area (Å²) < 4.78 is 9.86. The number of methoxy groups -OCH3 is 1. The number of hydrogen-bond acceptors (Lipinski definition) is 5. The number of ether oxygens (including phenoxy) is 2. The van der Waals surface area contributed by atoms with Crippen LogP contribution < -0.4 is 4.74 Å². The predicted molar refractivity (Wildman–Crippen MR) is 65.4 cm³/mol. The van der Waals surface area contributed by atoms with Crippen LogP contribution in [0.25, 0.3) is 0 Å². The minimum Gasteiger partial charge on any atom is -0.495 e. The highest BCUT2D eigenvalue weighted by molar-refractivity contribution is 5.84. The topological polar surface area (TPSA) is 65.5 Å². The van der Waals surface area contributed by atoms with Gasteiger partial charge in [-0.2, -0.15) is 0 Å². The van der Waals surface area contributed by atoms with Crippen molar-refractivity contribution in [1.82, 2.24) is 4.98 Å². The van der Waals surface area contributed by atoms with E-state index < -0.39 is 0 Å². The van der Waals surface area contributed by atoms with Crippen molar-refractivity contribution in [2.45, 2.75) is 26.2 Å². The van der Waals surface area contributed by atoms with E-state index in [1.54, 1.807) is 25.3 Å². The fourth-order valence-electron chi connectivity index (χ4n) is 1.49. The Morgan fingerprint density at radius 1 is 1.33 bits per heavy atom. The summed E-state index contributed by atoms with van der Waals surface area (Å²) in [5.41, 5.74) is 0.592. The number of nitrogens with zero attached hydrogens (tertiary/aromatic N) is 1. The van der Waals surface area contributed by atoms with E-state index in [1.807, 2.05) is 0 Å². The van der Waals surface area contributed by atoms with Gasteiger partial charge in [0.2, 0.25) is 0 Å². The van der Waals surface area contributed by atoms with Gasteiger partial charge in [-0.1, -0.05) is 0 Å². The van der Waals surface area contributed by atoms with Gasteiger partial charge in [0.15, 0.2) is 0 Å². The number of pyridine rings is 1. The quantitative estimate of drug-likeness (QED) is 0.688. The van der Waals surface area contributed by atoms with Gasteiger partial charge in [0.1, 0.15) is 11.5 Å². The molecule has 0 aromatic carbocycles. The average Bonchev–Trinajstić information content (AvgIpc) is 2.37. The van der Waals surface area contributed by atoms with E-state index in [0.717, 1.165) is 0 Å². The van der Waals surface area contributed by atoms with Crippen LogP contribution in [0.2, 0.25) is 0 Å². The third-order valence-electron chi connectivity index (χ3n) is 2.35. The standard InChI is InChI=1S/C13H17NO4/c1-3-18-13(16)7-6-10(15)9-11-12(17-2)5-4-8-14-11/h4-5,8H,3,6-7,9H2,1-2H3. The zero-order valence-electron chi connectivity index (χ0n) is 10.6. The van der Waals surface area contributed by atoms with Gasteiger partial charge in [0.05, 0.1) is 32.3 Å². The van der Waals surface area contributed by atoms with Crippen molar-refractivity contribution in [1.29, 1.82) is 0 Å². The van der Waals surface area contributed by atoms with E-state index in [2.05, 4.69) is 4.98 Å². The number of esters is 1. The lowest BCUT2D eigenvalue weighted by Gasteiger charge is -2.06. The van der Waals surface area contributed by atoms with Crippen molar-refractivity contribution in [3.05, 3.63) is 24.0 Å². The van der Waals surface area contributed by atoms with Crippen molar-refractivity contribution < 1.29 is 19.1 Å². The number of carbonyl (C=O) groups excluding carboxylic acids is 2. The van der Waals surface area contributed by atoms with Crippen molar-refractivity contribution in [2.24, 2.45) is 0 Å². The van der Waals surface area contributed by atoms with Gasteiger partial charge >= 0.3 is 5.97 Å². The van der Waals surface area contributed by atoms with E-state index in [9.17, 15) is 9.59 Å². The lowest BCUT2D eigenvalue weighted by Crippen LogP contribution is -2.10. The summed E-state index contributed by atoms with van der Waals surface area (Å²) in [5.74, 6) is 0.181. The van der Waals surface area contributed by atoms with Gasteiger partial charge < -0.3 is 9.47 Å².